The van der Waals surface area contributed by atoms with Crippen LogP contribution in [0.25, 0.3) is 11.1 Å². The molecule has 0 radical (unpaired) electrons. The fraction of sp³-hybridized carbons (Fsp3) is 0. The predicted molar refractivity (Wildman–Crippen MR) is 64.0 cm³/mol. The van der Waals surface area contributed by atoms with Gasteiger partial charge in [0, 0.05) is 12.1 Å². The Bertz CT molecular complexity index is 680. The molecule has 0 saturated carbocycles. The smallest absolute Gasteiger partial charge is 0.203 e. The first-order chi connectivity index (χ1) is 8.90. The Hall–Kier alpha value is -2.87. The van der Waals surface area contributed by atoms with E-state index in [1.54, 1.807) is 36.4 Å². The molecule has 0 aliphatic carbocycles. The van der Waals surface area contributed by atoms with Gasteiger partial charge >= 0.3 is 0 Å². The average molecular weight is 239 g/mol. The van der Waals surface area contributed by atoms with Crippen molar-refractivity contribution >= 4 is 11.1 Å². The lowest BCUT2D eigenvalue weighted by atomic mass is 10.4. The molecule has 0 amide bonds. The van der Waals surface area contributed by atoms with Crippen molar-refractivity contribution in [2.24, 2.45) is 0 Å². The van der Waals surface area contributed by atoms with Crippen LogP contribution in [0.1, 0.15) is 5.76 Å². The fourth-order valence-corrected chi connectivity index (χ4v) is 1.19. The molecule has 0 bridgehead atoms. The zero-order valence-electron chi connectivity index (χ0n) is 9.35. The van der Waals surface area contributed by atoms with E-state index in [1.807, 2.05) is 6.07 Å². The highest BCUT2D eigenvalue weighted by atomic mass is 16.3. The summed E-state index contributed by atoms with van der Waals surface area (Å²) in [4.78, 5) is 0. The Kier molecular flexibility index (Phi) is 3.88. The van der Waals surface area contributed by atoms with Crippen LogP contribution in [-0.4, -0.2) is 10.2 Å². The number of aromatic nitrogens is 2. The Labute approximate surface area is 103 Å². The van der Waals surface area contributed by atoms with Crippen LogP contribution in [0.3, 0.4) is 0 Å². The first-order valence-electron chi connectivity index (χ1n) is 5.15. The van der Waals surface area contributed by atoms with E-state index in [1.165, 1.54) is 18.7 Å². The molecule has 0 fully saturated rings. The number of nitrogens with zero attached hydrogens (tertiary/aromatic N) is 3. The van der Waals surface area contributed by atoms with Gasteiger partial charge in [-0.25, -0.2) is 0 Å². The summed E-state index contributed by atoms with van der Waals surface area (Å²) in [5.74, 6) is 0.183. The highest BCUT2D eigenvalue weighted by Gasteiger charge is 1.90. The highest BCUT2D eigenvalue weighted by molar-refractivity contribution is 5.68. The second kappa shape index (κ2) is 6.01. The van der Waals surface area contributed by atoms with Crippen molar-refractivity contribution in [1.82, 2.24) is 10.2 Å². The van der Waals surface area contributed by atoms with Gasteiger partial charge in [-0.05, 0) is 12.1 Å². The van der Waals surface area contributed by atoms with Gasteiger partial charge in [-0.3, -0.25) is 0 Å². The maximum absolute atomic E-state index is 8.81. The Morgan fingerprint density at radius 2 is 1.94 bits per heavy atom. The first kappa shape index (κ1) is 11.6. The summed E-state index contributed by atoms with van der Waals surface area (Å²) in [6.07, 6.45) is 4.42. The zero-order chi connectivity index (χ0) is 12.6. The van der Waals surface area contributed by atoms with E-state index in [0.29, 0.717) is 11.1 Å². The topological polar surface area (TPSA) is 75.8 Å². The van der Waals surface area contributed by atoms with Gasteiger partial charge < -0.3 is 8.83 Å². The number of nitriles is 1. The van der Waals surface area contributed by atoms with Crippen molar-refractivity contribution in [2.45, 2.75) is 0 Å². The second-order valence-electron chi connectivity index (χ2n) is 3.18. The van der Waals surface area contributed by atoms with Gasteiger partial charge in [-0.2, -0.15) is 10.4 Å². The molecule has 0 aliphatic heterocycles. The molecule has 2 aromatic heterocycles. The Morgan fingerprint density at radius 3 is 2.83 bits per heavy atom. The molecule has 0 aromatic carbocycles. The van der Waals surface area contributed by atoms with Gasteiger partial charge in [0.15, 0.2) is 5.58 Å². The molecule has 0 atom stereocenters. The minimum atomic E-state index is 0.183. The summed E-state index contributed by atoms with van der Waals surface area (Å²) < 4.78 is 10.5. The average Bonchev–Trinajstić information content (AvgIpc) is 2.40. The molecule has 0 unspecified atom stereocenters. The molecule has 18 heavy (non-hydrogen) atoms. The van der Waals surface area contributed by atoms with Crippen LogP contribution in [0.5, 0.6) is 0 Å². The standard InChI is InChI=1S/C13H9N3O2/c14-10-11-4-2-1-3-8-18-13-5-7-15-16-12(13)6-9-17-11/h1-9H. The molecule has 5 heteroatoms. The lowest BCUT2D eigenvalue weighted by Gasteiger charge is -1.88. The SMILES string of the molecule is N#Cc1cccccoc2ccnnc2cco1. The summed E-state index contributed by atoms with van der Waals surface area (Å²) in [5.41, 5.74) is 1.07. The van der Waals surface area contributed by atoms with Crippen LogP contribution in [-0.2, 0) is 0 Å². The number of hydrogen-bond acceptors (Lipinski definition) is 5. The molecule has 0 N–H and O–H groups in total. The summed E-state index contributed by atoms with van der Waals surface area (Å²) in [6, 6.07) is 11.8. The van der Waals surface area contributed by atoms with Gasteiger partial charge in [0.2, 0.25) is 5.76 Å². The molecule has 2 heterocycles. The highest BCUT2D eigenvalue weighted by Crippen LogP contribution is 2.04. The third kappa shape index (κ3) is 3.06. The number of rotatable bonds is 0. The van der Waals surface area contributed by atoms with Crippen LogP contribution >= 0.6 is 0 Å². The van der Waals surface area contributed by atoms with Crippen molar-refractivity contribution in [1.29, 1.82) is 5.26 Å². The molecule has 2 aromatic rings. The van der Waals surface area contributed by atoms with Gasteiger partial charge in [-0.1, -0.05) is 12.1 Å². The van der Waals surface area contributed by atoms with Crippen molar-refractivity contribution in [3.63, 3.8) is 0 Å². The normalized spacial score (nSPS) is 9.06. The van der Waals surface area contributed by atoms with Crippen molar-refractivity contribution < 1.29 is 8.83 Å². The first-order valence-corrected chi connectivity index (χ1v) is 5.15. The van der Waals surface area contributed by atoms with Gasteiger partial charge in [-0.15, -0.1) is 5.10 Å². The van der Waals surface area contributed by atoms with E-state index in [2.05, 4.69) is 10.2 Å². The molecule has 5 nitrogen and oxygen atoms in total. The van der Waals surface area contributed by atoms with Crippen LogP contribution in [0.4, 0.5) is 0 Å². The summed E-state index contributed by atoms with van der Waals surface area (Å²) in [6.45, 7) is 0. The third-order valence-corrected chi connectivity index (χ3v) is 1.99. The number of fused-ring (bicyclic) bond motifs is 1. The van der Waals surface area contributed by atoms with E-state index in [9.17, 15) is 0 Å². The monoisotopic (exact) mass is 239 g/mol. The minimum Gasteiger partial charge on any atom is -0.463 e. The van der Waals surface area contributed by atoms with Crippen LogP contribution in [0, 0.1) is 11.3 Å². The Morgan fingerprint density at radius 1 is 1.00 bits per heavy atom. The van der Waals surface area contributed by atoms with Crippen LogP contribution in [0.2, 0.25) is 0 Å². The van der Waals surface area contributed by atoms with Gasteiger partial charge in [0.25, 0.3) is 0 Å². The van der Waals surface area contributed by atoms with E-state index in [4.69, 9.17) is 14.1 Å². The van der Waals surface area contributed by atoms with Gasteiger partial charge in [0.1, 0.15) is 11.6 Å². The predicted octanol–water partition coefficient (Wildman–Crippen LogP) is 2.94. The van der Waals surface area contributed by atoms with Gasteiger partial charge in [0.05, 0.1) is 18.7 Å². The van der Waals surface area contributed by atoms with Crippen LogP contribution < -0.4 is 0 Å². The zero-order valence-corrected chi connectivity index (χ0v) is 9.35. The lowest BCUT2D eigenvalue weighted by molar-refractivity contribution is 0.539. The van der Waals surface area contributed by atoms with Crippen molar-refractivity contribution in [3.05, 3.63) is 60.9 Å². The number of hydrogen-bond donors (Lipinski definition) is 0. The summed E-state index contributed by atoms with van der Waals surface area (Å²) >= 11 is 0. The molecular weight excluding hydrogens is 230 g/mol. The molecular formula is C13H9N3O2. The maximum Gasteiger partial charge on any atom is 0.203 e. The minimum absolute atomic E-state index is 0.183. The van der Waals surface area contributed by atoms with Crippen LogP contribution in [0.15, 0.2) is 64.0 Å². The summed E-state index contributed by atoms with van der Waals surface area (Å²) in [7, 11) is 0. The third-order valence-electron chi connectivity index (χ3n) is 1.99. The Balaban J connectivity index is 2.72. The molecule has 0 saturated heterocycles. The molecule has 0 spiro atoms. The largest absolute Gasteiger partial charge is 0.463 e. The summed E-state index contributed by atoms with van der Waals surface area (Å²) in [5, 5.41) is 16.5. The van der Waals surface area contributed by atoms with Crippen molar-refractivity contribution in [2.75, 3.05) is 0 Å². The molecule has 0 aliphatic rings. The fourth-order valence-electron chi connectivity index (χ4n) is 1.19. The quantitative estimate of drug-likeness (QED) is 0.706. The van der Waals surface area contributed by atoms with E-state index in [-0.39, 0.29) is 5.76 Å². The molecule has 88 valence electrons. The van der Waals surface area contributed by atoms with E-state index < -0.39 is 0 Å². The maximum atomic E-state index is 8.81. The lowest BCUT2D eigenvalue weighted by Crippen LogP contribution is -1.78. The van der Waals surface area contributed by atoms with E-state index in [0.717, 1.165) is 0 Å². The molecule has 2 rings (SSSR count). The van der Waals surface area contributed by atoms with Crippen molar-refractivity contribution in [3.8, 4) is 6.07 Å². The second-order valence-corrected chi connectivity index (χ2v) is 3.18. The van der Waals surface area contributed by atoms with E-state index >= 15 is 0 Å².